The highest BCUT2D eigenvalue weighted by Crippen LogP contribution is 2.24. The molecule has 0 fully saturated rings. The molecule has 122 valence electrons. The maximum Gasteiger partial charge on any atom is 0.338 e. The van der Waals surface area contributed by atoms with Gasteiger partial charge in [-0.25, -0.2) is 9.48 Å². The minimum atomic E-state index is -1.77. The fourth-order valence-electron chi connectivity index (χ4n) is 1.97. The van der Waals surface area contributed by atoms with Gasteiger partial charge >= 0.3 is 5.97 Å². The van der Waals surface area contributed by atoms with Gasteiger partial charge in [-0.2, -0.15) is 5.10 Å². The van der Waals surface area contributed by atoms with E-state index in [1.54, 1.807) is 13.0 Å². The number of hydrogen-bond acceptors (Lipinski definition) is 7. The van der Waals surface area contributed by atoms with Crippen molar-refractivity contribution in [3.63, 3.8) is 0 Å². The number of ether oxygens (including phenoxy) is 1. The van der Waals surface area contributed by atoms with E-state index in [2.05, 4.69) is 9.84 Å². The van der Waals surface area contributed by atoms with Gasteiger partial charge < -0.3 is 14.9 Å². The fourth-order valence-corrected chi connectivity index (χ4v) is 1.97. The lowest BCUT2D eigenvalue weighted by Gasteiger charge is -2.14. The molecule has 1 aromatic carbocycles. The highest BCUT2D eigenvalue weighted by atomic mass is 16.6. The number of aliphatic hydroxyl groups excluding tert-OH is 2. The summed E-state index contributed by atoms with van der Waals surface area (Å²) in [4.78, 5) is 21.9. The molecular weight excluding hydrogens is 306 g/mol. The van der Waals surface area contributed by atoms with Crippen LogP contribution in [0.25, 0.3) is 5.69 Å². The molecule has 2 N–H and O–H groups in total. The second-order valence-corrected chi connectivity index (χ2v) is 4.61. The lowest BCUT2D eigenvalue weighted by atomic mass is 10.1. The smallest absolute Gasteiger partial charge is 0.338 e. The summed E-state index contributed by atoms with van der Waals surface area (Å²) >= 11 is 0. The number of esters is 1. The molecule has 0 saturated heterocycles. The Bertz CT molecular complexity index is 714. The first-order valence-electron chi connectivity index (χ1n) is 6.76. The van der Waals surface area contributed by atoms with Crippen LogP contribution < -0.4 is 0 Å². The van der Waals surface area contributed by atoms with Crippen LogP contribution in [0.5, 0.6) is 0 Å². The van der Waals surface area contributed by atoms with E-state index in [4.69, 9.17) is 0 Å². The van der Waals surface area contributed by atoms with Crippen molar-refractivity contribution in [2.75, 3.05) is 6.61 Å². The molecule has 0 spiro atoms. The zero-order chi connectivity index (χ0) is 17.0. The number of nitro benzene ring substituents is 1. The molecule has 1 aromatic heterocycles. The van der Waals surface area contributed by atoms with E-state index < -0.39 is 23.1 Å². The minimum Gasteiger partial charge on any atom is -0.464 e. The van der Waals surface area contributed by atoms with E-state index in [1.807, 2.05) is 0 Å². The van der Waals surface area contributed by atoms with Crippen molar-refractivity contribution in [3.8, 4) is 5.69 Å². The first-order valence-corrected chi connectivity index (χ1v) is 6.76. The summed E-state index contributed by atoms with van der Waals surface area (Å²) < 4.78 is 5.81. The summed E-state index contributed by atoms with van der Waals surface area (Å²) in [5.74, 6) is -0.960. The van der Waals surface area contributed by atoms with E-state index >= 15 is 0 Å². The van der Waals surface area contributed by atoms with Crippen LogP contribution in [0.2, 0.25) is 0 Å². The topological polar surface area (TPSA) is 128 Å². The van der Waals surface area contributed by atoms with Crippen LogP contribution in [-0.2, 0) is 9.53 Å². The normalized spacial score (nSPS) is 13.3. The Morgan fingerprint density at radius 3 is 2.78 bits per heavy atom. The highest BCUT2D eigenvalue weighted by molar-refractivity contribution is 5.75. The summed E-state index contributed by atoms with van der Waals surface area (Å²) in [6.07, 6.45) is -0.803. The lowest BCUT2D eigenvalue weighted by molar-refractivity contribution is -0.384. The average Bonchev–Trinajstić information content (AvgIpc) is 3.03. The van der Waals surface area contributed by atoms with Crippen molar-refractivity contribution < 1.29 is 24.7 Å². The van der Waals surface area contributed by atoms with Crippen LogP contribution in [0.15, 0.2) is 36.7 Å². The van der Waals surface area contributed by atoms with Crippen LogP contribution in [0.4, 0.5) is 5.69 Å². The molecule has 0 bridgehead atoms. The molecule has 0 saturated carbocycles. The van der Waals surface area contributed by atoms with Gasteiger partial charge in [0.05, 0.1) is 17.7 Å². The van der Waals surface area contributed by atoms with Gasteiger partial charge in [-0.05, 0) is 13.0 Å². The van der Waals surface area contributed by atoms with Gasteiger partial charge in [-0.1, -0.05) is 12.1 Å². The molecule has 2 rings (SSSR count). The number of aliphatic hydroxyl groups is 2. The molecule has 9 heteroatoms. The van der Waals surface area contributed by atoms with Gasteiger partial charge in [0.2, 0.25) is 0 Å². The molecular formula is C14H15N3O6. The average molecular weight is 321 g/mol. The predicted molar refractivity (Wildman–Crippen MR) is 77.8 cm³/mol. The first-order chi connectivity index (χ1) is 11.0. The molecule has 2 unspecified atom stereocenters. The monoisotopic (exact) mass is 321 g/mol. The second kappa shape index (κ2) is 6.99. The third kappa shape index (κ3) is 3.52. The third-order valence-corrected chi connectivity index (χ3v) is 3.10. The highest BCUT2D eigenvalue weighted by Gasteiger charge is 2.28. The zero-order valence-electron chi connectivity index (χ0n) is 12.2. The molecule has 0 aliphatic carbocycles. The van der Waals surface area contributed by atoms with Crippen LogP contribution in [0, 0.1) is 10.1 Å². The Kier molecular flexibility index (Phi) is 5.04. The number of carbonyl (C=O) groups is 1. The summed E-state index contributed by atoms with van der Waals surface area (Å²) in [7, 11) is 0. The number of rotatable bonds is 6. The van der Waals surface area contributed by atoms with Crippen LogP contribution >= 0.6 is 0 Å². The van der Waals surface area contributed by atoms with E-state index in [-0.39, 0.29) is 23.5 Å². The van der Waals surface area contributed by atoms with Crippen molar-refractivity contribution in [3.05, 3.63) is 52.3 Å². The quantitative estimate of drug-likeness (QED) is 0.456. The number of aromatic nitrogens is 2. The van der Waals surface area contributed by atoms with Crippen molar-refractivity contribution in [2.45, 2.75) is 19.1 Å². The number of benzene rings is 1. The summed E-state index contributed by atoms with van der Waals surface area (Å²) in [5, 5.41) is 34.7. The molecule has 2 atom stereocenters. The first kappa shape index (κ1) is 16.6. The Balaban J connectivity index is 2.28. The Labute approximate surface area is 130 Å². The number of nitrogens with zero attached hydrogens (tertiary/aromatic N) is 3. The number of para-hydroxylation sites is 2. The number of carbonyl (C=O) groups excluding carboxylic acids is 1. The molecule has 0 amide bonds. The Morgan fingerprint density at radius 2 is 2.13 bits per heavy atom. The zero-order valence-corrected chi connectivity index (χ0v) is 12.2. The summed E-state index contributed by atoms with van der Waals surface area (Å²) in [6, 6.07) is 5.93. The maximum absolute atomic E-state index is 11.4. The van der Waals surface area contributed by atoms with Gasteiger partial charge in [0.1, 0.15) is 11.8 Å². The van der Waals surface area contributed by atoms with Gasteiger partial charge in [-0.15, -0.1) is 0 Å². The predicted octanol–water partition coefficient (Wildman–Crippen LogP) is 0.738. The fraction of sp³-hybridized carbons (Fsp3) is 0.286. The molecule has 0 aliphatic heterocycles. The van der Waals surface area contributed by atoms with Crippen molar-refractivity contribution in [1.29, 1.82) is 0 Å². The van der Waals surface area contributed by atoms with Crippen molar-refractivity contribution >= 4 is 11.7 Å². The standard InChI is InChI=1S/C14H15N3O6/c1-2-23-14(20)13(19)12(18)9-7-15-16(8-9)10-5-3-4-6-11(10)17(21)22/h3-8,12-13,18-19H,2H2,1H3. The Hall–Kier alpha value is -2.78. The largest absolute Gasteiger partial charge is 0.464 e. The molecule has 2 aromatic rings. The SMILES string of the molecule is CCOC(=O)C(O)C(O)c1cnn(-c2ccccc2[N+](=O)[O-])c1. The third-order valence-electron chi connectivity index (χ3n) is 3.10. The van der Waals surface area contributed by atoms with E-state index in [1.165, 1.54) is 35.3 Å². The van der Waals surface area contributed by atoms with E-state index in [9.17, 15) is 25.1 Å². The number of hydrogen-bond donors (Lipinski definition) is 2. The molecule has 0 aliphatic rings. The Morgan fingerprint density at radius 1 is 1.43 bits per heavy atom. The lowest BCUT2D eigenvalue weighted by Crippen LogP contribution is -2.29. The van der Waals surface area contributed by atoms with Crippen molar-refractivity contribution in [2.24, 2.45) is 0 Å². The molecule has 9 nitrogen and oxygen atoms in total. The minimum absolute atomic E-state index is 0.0675. The van der Waals surface area contributed by atoms with E-state index in [0.717, 1.165) is 0 Å². The van der Waals surface area contributed by atoms with Crippen LogP contribution in [0.1, 0.15) is 18.6 Å². The van der Waals surface area contributed by atoms with Crippen LogP contribution in [0.3, 0.4) is 0 Å². The second-order valence-electron chi connectivity index (χ2n) is 4.61. The molecule has 23 heavy (non-hydrogen) atoms. The maximum atomic E-state index is 11.4. The van der Waals surface area contributed by atoms with Gasteiger partial charge in [0.25, 0.3) is 5.69 Å². The van der Waals surface area contributed by atoms with E-state index in [0.29, 0.717) is 0 Å². The summed E-state index contributed by atoms with van der Waals surface area (Å²) in [5.41, 5.74) is 0.160. The van der Waals surface area contributed by atoms with Crippen LogP contribution in [-0.4, -0.2) is 43.6 Å². The molecule has 0 radical (unpaired) electrons. The van der Waals surface area contributed by atoms with Gasteiger partial charge in [-0.3, -0.25) is 10.1 Å². The summed E-state index contributed by atoms with van der Waals surface area (Å²) in [6.45, 7) is 1.64. The molecule has 1 heterocycles. The number of nitro groups is 1. The van der Waals surface area contributed by atoms with Crippen molar-refractivity contribution in [1.82, 2.24) is 9.78 Å². The van der Waals surface area contributed by atoms with Gasteiger partial charge in [0, 0.05) is 17.8 Å². The van der Waals surface area contributed by atoms with Gasteiger partial charge in [0.15, 0.2) is 6.10 Å².